The lowest BCUT2D eigenvalue weighted by Crippen LogP contribution is -2.25. The normalized spacial score (nSPS) is 19.5. The minimum Gasteiger partial charge on any atom is -0.289 e. The van der Waals surface area contributed by atoms with Gasteiger partial charge in [0.1, 0.15) is 0 Å². The van der Waals surface area contributed by atoms with Crippen LogP contribution < -0.4 is 0 Å². The van der Waals surface area contributed by atoms with Gasteiger partial charge in [0.05, 0.1) is 0 Å². The molecule has 80 valence electrons. The fourth-order valence-electron chi connectivity index (χ4n) is 2.24. The topological polar surface area (TPSA) is 34.1 Å². The first-order chi connectivity index (χ1) is 7.79. The van der Waals surface area contributed by atoms with Crippen molar-refractivity contribution < 1.29 is 9.59 Å². The molecule has 3 heteroatoms. The third-order valence-corrected chi connectivity index (χ3v) is 4.06. The van der Waals surface area contributed by atoms with Crippen molar-refractivity contribution in [3.63, 3.8) is 0 Å². The van der Waals surface area contributed by atoms with E-state index in [2.05, 4.69) is 0 Å². The number of Topliss-reactive ketones (excluding diaryl/α,β-unsaturated/α-hetero) is 2. The summed E-state index contributed by atoms with van der Waals surface area (Å²) >= 11 is 1.73. The molecule has 0 fully saturated rings. The lowest BCUT2D eigenvalue weighted by atomic mass is 9.83. The average Bonchev–Trinajstić information content (AvgIpc) is 2.36. The molecule has 0 N–H and O–H groups in total. The number of hydrogen-bond donors (Lipinski definition) is 0. The Labute approximate surface area is 97.7 Å². The maximum Gasteiger partial charge on any atom is 0.191 e. The average molecular weight is 230 g/mol. The van der Waals surface area contributed by atoms with E-state index in [9.17, 15) is 9.59 Å². The van der Waals surface area contributed by atoms with Crippen molar-refractivity contribution in [3.05, 3.63) is 46.5 Å². The summed E-state index contributed by atoms with van der Waals surface area (Å²) < 4.78 is 0. The molecule has 2 aliphatic rings. The fourth-order valence-corrected chi connectivity index (χ4v) is 3.25. The van der Waals surface area contributed by atoms with Crippen LogP contribution in [-0.2, 0) is 0 Å². The molecule has 0 spiro atoms. The quantitative estimate of drug-likeness (QED) is 0.686. The number of carbonyl (C=O) groups excluding carboxylic acids is 2. The van der Waals surface area contributed by atoms with Crippen molar-refractivity contribution in [2.24, 2.45) is 0 Å². The van der Waals surface area contributed by atoms with Crippen LogP contribution in [0.5, 0.6) is 0 Å². The van der Waals surface area contributed by atoms with Crippen molar-refractivity contribution in [1.29, 1.82) is 0 Å². The van der Waals surface area contributed by atoms with Gasteiger partial charge >= 0.3 is 0 Å². The van der Waals surface area contributed by atoms with Gasteiger partial charge in [-0.15, -0.1) is 0 Å². The Morgan fingerprint density at radius 3 is 2.25 bits per heavy atom. The van der Waals surface area contributed by atoms with Crippen LogP contribution in [0.2, 0.25) is 0 Å². The summed E-state index contributed by atoms with van der Waals surface area (Å²) in [5.74, 6) is 1.75. The second-order valence-corrected chi connectivity index (χ2v) is 5.07. The van der Waals surface area contributed by atoms with Crippen molar-refractivity contribution in [2.45, 2.75) is 6.42 Å². The Bertz CT molecular complexity index is 481. The largest absolute Gasteiger partial charge is 0.289 e. The highest BCUT2D eigenvalue weighted by Gasteiger charge is 2.32. The standard InChI is InChI=1S/C13H10O2S/c14-12-8-3-1-2-4-9(8)13(15)11-7-16-6-5-10(11)12/h1-4H,5-7H2. The lowest BCUT2D eigenvalue weighted by molar-refractivity contribution is 0.0972. The number of fused-ring (bicyclic) bond motifs is 1. The zero-order valence-electron chi connectivity index (χ0n) is 8.66. The predicted molar refractivity (Wildman–Crippen MR) is 64.1 cm³/mol. The van der Waals surface area contributed by atoms with Gasteiger partial charge in [-0.3, -0.25) is 9.59 Å². The van der Waals surface area contributed by atoms with E-state index in [1.807, 2.05) is 12.1 Å². The van der Waals surface area contributed by atoms with Gasteiger partial charge in [-0.2, -0.15) is 11.8 Å². The first-order valence-electron chi connectivity index (χ1n) is 5.27. The Morgan fingerprint density at radius 2 is 1.56 bits per heavy atom. The van der Waals surface area contributed by atoms with Crippen molar-refractivity contribution in [3.8, 4) is 0 Å². The van der Waals surface area contributed by atoms with Crippen molar-refractivity contribution in [1.82, 2.24) is 0 Å². The maximum atomic E-state index is 12.2. The van der Waals surface area contributed by atoms with E-state index in [0.29, 0.717) is 16.9 Å². The molecule has 1 aromatic rings. The number of carbonyl (C=O) groups is 2. The highest BCUT2D eigenvalue weighted by Crippen LogP contribution is 2.33. The van der Waals surface area contributed by atoms with Gasteiger partial charge in [0.2, 0.25) is 0 Å². The van der Waals surface area contributed by atoms with Gasteiger partial charge in [0, 0.05) is 28.0 Å². The molecule has 1 aliphatic heterocycles. The second-order valence-electron chi connectivity index (χ2n) is 3.96. The van der Waals surface area contributed by atoms with Crippen molar-refractivity contribution >= 4 is 23.3 Å². The molecule has 0 saturated heterocycles. The van der Waals surface area contributed by atoms with E-state index in [1.54, 1.807) is 23.9 Å². The van der Waals surface area contributed by atoms with Crippen LogP contribution in [0.15, 0.2) is 35.4 Å². The summed E-state index contributed by atoms with van der Waals surface area (Å²) in [6.45, 7) is 0. The lowest BCUT2D eigenvalue weighted by Gasteiger charge is -2.24. The van der Waals surface area contributed by atoms with Gasteiger partial charge in [-0.1, -0.05) is 24.3 Å². The van der Waals surface area contributed by atoms with Gasteiger partial charge in [0.15, 0.2) is 11.6 Å². The summed E-state index contributed by atoms with van der Waals surface area (Å²) in [5.41, 5.74) is 2.65. The molecule has 0 bridgehead atoms. The van der Waals surface area contributed by atoms with Gasteiger partial charge < -0.3 is 0 Å². The Morgan fingerprint density at radius 1 is 0.938 bits per heavy atom. The number of rotatable bonds is 0. The summed E-state index contributed by atoms with van der Waals surface area (Å²) in [6, 6.07) is 7.12. The number of allylic oxidation sites excluding steroid dienone is 1. The maximum absolute atomic E-state index is 12.2. The number of ketones is 2. The molecular formula is C13H10O2S. The van der Waals surface area contributed by atoms with Crippen LogP contribution in [-0.4, -0.2) is 23.1 Å². The highest BCUT2D eigenvalue weighted by molar-refractivity contribution is 7.99. The summed E-state index contributed by atoms with van der Waals surface area (Å²) in [7, 11) is 0. The van der Waals surface area contributed by atoms with E-state index in [4.69, 9.17) is 0 Å². The number of hydrogen-bond acceptors (Lipinski definition) is 3. The first kappa shape index (κ1) is 9.85. The third kappa shape index (κ3) is 1.28. The molecule has 0 saturated carbocycles. The summed E-state index contributed by atoms with van der Waals surface area (Å²) in [4.78, 5) is 24.4. The molecule has 0 unspecified atom stereocenters. The molecule has 1 aliphatic carbocycles. The number of thioether (sulfide) groups is 1. The van der Waals surface area contributed by atoms with Crippen LogP contribution in [0.4, 0.5) is 0 Å². The highest BCUT2D eigenvalue weighted by atomic mass is 32.2. The van der Waals surface area contributed by atoms with Gasteiger partial charge in [-0.05, 0) is 12.2 Å². The molecule has 3 rings (SSSR count). The molecular weight excluding hydrogens is 220 g/mol. The minimum atomic E-state index is 0.0531. The van der Waals surface area contributed by atoms with Crippen LogP contribution in [0, 0.1) is 0 Å². The van der Waals surface area contributed by atoms with E-state index >= 15 is 0 Å². The third-order valence-electron chi connectivity index (χ3n) is 3.07. The molecule has 1 aromatic carbocycles. The van der Waals surface area contributed by atoms with E-state index in [-0.39, 0.29) is 11.6 Å². The number of benzene rings is 1. The molecule has 1 heterocycles. The Kier molecular flexibility index (Phi) is 2.21. The fraction of sp³-hybridized carbons (Fsp3) is 0.231. The van der Waals surface area contributed by atoms with Crippen LogP contribution in [0.3, 0.4) is 0 Å². The van der Waals surface area contributed by atoms with Crippen molar-refractivity contribution in [2.75, 3.05) is 11.5 Å². The zero-order chi connectivity index (χ0) is 11.1. The van der Waals surface area contributed by atoms with Crippen LogP contribution >= 0.6 is 11.8 Å². The molecule has 16 heavy (non-hydrogen) atoms. The minimum absolute atomic E-state index is 0.0531. The molecule has 0 amide bonds. The Hall–Kier alpha value is -1.35. The monoisotopic (exact) mass is 230 g/mol. The molecule has 0 atom stereocenters. The smallest absolute Gasteiger partial charge is 0.191 e. The first-order valence-corrected chi connectivity index (χ1v) is 6.42. The molecule has 0 aromatic heterocycles. The molecule has 0 radical (unpaired) electrons. The van der Waals surface area contributed by atoms with Crippen LogP contribution in [0.1, 0.15) is 27.1 Å². The van der Waals surface area contributed by atoms with Gasteiger partial charge in [-0.25, -0.2) is 0 Å². The van der Waals surface area contributed by atoms with Crippen LogP contribution in [0.25, 0.3) is 0 Å². The molecule has 2 nitrogen and oxygen atoms in total. The van der Waals surface area contributed by atoms with E-state index < -0.39 is 0 Å². The summed E-state index contributed by atoms with van der Waals surface area (Å²) in [6.07, 6.45) is 0.735. The zero-order valence-corrected chi connectivity index (χ0v) is 9.47. The Balaban J connectivity index is 2.22. The summed E-state index contributed by atoms with van der Waals surface area (Å²) in [5, 5.41) is 0. The predicted octanol–water partition coefficient (Wildman–Crippen LogP) is 2.50. The second kappa shape index (κ2) is 3.59. The van der Waals surface area contributed by atoms with Gasteiger partial charge in [0.25, 0.3) is 0 Å². The van der Waals surface area contributed by atoms with E-state index in [1.165, 1.54) is 0 Å². The van der Waals surface area contributed by atoms with E-state index in [0.717, 1.165) is 23.3 Å². The SMILES string of the molecule is O=C1C2=C(CSCC2)C(=O)c2ccccc21.